The van der Waals surface area contributed by atoms with Crippen molar-refractivity contribution >= 4 is 23.2 Å². The van der Waals surface area contributed by atoms with E-state index in [1.165, 1.54) is 4.90 Å². The average molecular weight is 434 g/mol. The number of carbonyl (C=O) groups excluding carboxylic acids is 2. The quantitative estimate of drug-likeness (QED) is 0.732. The molecule has 2 aromatic carbocycles. The molecule has 0 bridgehead atoms. The van der Waals surface area contributed by atoms with E-state index >= 15 is 0 Å². The number of anilines is 2. The minimum Gasteiger partial charge on any atom is -0.324 e. The number of halogens is 3. The van der Waals surface area contributed by atoms with Crippen molar-refractivity contribution in [2.75, 3.05) is 49.9 Å². The highest BCUT2D eigenvalue weighted by Crippen LogP contribution is 2.19. The zero-order valence-corrected chi connectivity index (χ0v) is 17.2. The van der Waals surface area contributed by atoms with E-state index in [1.807, 2.05) is 25.1 Å². The van der Waals surface area contributed by atoms with Gasteiger partial charge in [-0.05, 0) is 36.8 Å². The molecule has 3 rings (SSSR count). The molecule has 2 N–H and O–H groups in total. The maximum absolute atomic E-state index is 12.7. The van der Waals surface area contributed by atoms with Gasteiger partial charge >= 0.3 is 6.18 Å². The minimum absolute atomic E-state index is 0.0493. The number of alkyl halides is 3. The van der Waals surface area contributed by atoms with Crippen molar-refractivity contribution in [2.45, 2.75) is 13.1 Å². The lowest BCUT2D eigenvalue weighted by atomic mass is 10.1. The first kappa shape index (κ1) is 22.8. The van der Waals surface area contributed by atoms with Crippen molar-refractivity contribution in [1.82, 2.24) is 9.80 Å². The molecule has 1 heterocycles. The van der Waals surface area contributed by atoms with E-state index in [4.69, 9.17) is 0 Å². The van der Waals surface area contributed by atoms with Crippen molar-refractivity contribution in [1.29, 1.82) is 0 Å². The molecule has 2 aromatic rings. The highest BCUT2D eigenvalue weighted by molar-refractivity contribution is 6.10. The summed E-state index contributed by atoms with van der Waals surface area (Å²) in [5, 5.41) is 5.57. The third-order valence-corrected chi connectivity index (χ3v) is 4.96. The second kappa shape index (κ2) is 9.93. The number of aryl methyl sites for hydroxylation is 1. The SMILES string of the molecule is Cc1cccc(NC(=O)c2ccccc2NC(=O)CN2CCN(CC(F)(F)F)CC2)c1. The molecule has 0 spiro atoms. The molecule has 1 aliphatic heterocycles. The van der Waals surface area contributed by atoms with E-state index in [-0.39, 0.29) is 31.4 Å². The summed E-state index contributed by atoms with van der Waals surface area (Å²) in [6.45, 7) is 2.29. The molecule has 0 aliphatic carbocycles. The van der Waals surface area contributed by atoms with Crippen LogP contribution < -0.4 is 10.6 Å². The zero-order chi connectivity index (χ0) is 22.4. The fraction of sp³-hybridized carbons (Fsp3) is 0.364. The lowest BCUT2D eigenvalue weighted by Crippen LogP contribution is -2.50. The molecular weight excluding hydrogens is 409 g/mol. The summed E-state index contributed by atoms with van der Waals surface area (Å²) < 4.78 is 37.5. The Morgan fingerprint density at radius 3 is 2.29 bits per heavy atom. The molecule has 0 aromatic heterocycles. The number of carbonyl (C=O) groups is 2. The summed E-state index contributed by atoms with van der Waals surface area (Å²) in [5.74, 6) is -0.664. The van der Waals surface area contributed by atoms with Crippen LogP contribution in [0.3, 0.4) is 0 Å². The Morgan fingerprint density at radius 2 is 1.61 bits per heavy atom. The third-order valence-electron chi connectivity index (χ3n) is 4.96. The Kier molecular flexibility index (Phi) is 7.29. The Hall–Kier alpha value is -2.91. The lowest BCUT2D eigenvalue weighted by Gasteiger charge is -2.34. The summed E-state index contributed by atoms with van der Waals surface area (Å²) in [6.07, 6.45) is -4.22. The van der Waals surface area contributed by atoms with Crippen LogP contribution in [0.25, 0.3) is 0 Å². The van der Waals surface area contributed by atoms with Gasteiger partial charge in [-0.3, -0.25) is 19.4 Å². The van der Waals surface area contributed by atoms with Crippen LogP contribution in [0.4, 0.5) is 24.5 Å². The summed E-state index contributed by atoms with van der Waals surface area (Å²) >= 11 is 0. The maximum Gasteiger partial charge on any atom is 0.401 e. The summed E-state index contributed by atoms with van der Waals surface area (Å²) in [5.41, 5.74) is 2.37. The number of hydrogen-bond donors (Lipinski definition) is 2. The van der Waals surface area contributed by atoms with Crippen LogP contribution in [0.1, 0.15) is 15.9 Å². The van der Waals surface area contributed by atoms with Crippen LogP contribution in [0.5, 0.6) is 0 Å². The van der Waals surface area contributed by atoms with Crippen LogP contribution in [0.15, 0.2) is 48.5 Å². The number of piperazine rings is 1. The van der Waals surface area contributed by atoms with Gasteiger partial charge in [0.05, 0.1) is 24.3 Å². The molecule has 2 amide bonds. The Morgan fingerprint density at radius 1 is 0.935 bits per heavy atom. The van der Waals surface area contributed by atoms with Gasteiger partial charge in [0.15, 0.2) is 0 Å². The van der Waals surface area contributed by atoms with Gasteiger partial charge in [-0.25, -0.2) is 0 Å². The fourth-order valence-corrected chi connectivity index (χ4v) is 3.46. The van der Waals surface area contributed by atoms with Crippen LogP contribution >= 0.6 is 0 Å². The number of nitrogens with zero attached hydrogens (tertiary/aromatic N) is 2. The average Bonchev–Trinajstić information content (AvgIpc) is 2.69. The van der Waals surface area contributed by atoms with Gasteiger partial charge in [-0.15, -0.1) is 0 Å². The van der Waals surface area contributed by atoms with Crippen molar-refractivity contribution in [3.63, 3.8) is 0 Å². The lowest BCUT2D eigenvalue weighted by molar-refractivity contribution is -0.149. The van der Waals surface area contributed by atoms with Crippen molar-refractivity contribution in [2.24, 2.45) is 0 Å². The van der Waals surface area contributed by atoms with Gasteiger partial charge in [0.2, 0.25) is 5.91 Å². The number of benzene rings is 2. The first-order valence-corrected chi connectivity index (χ1v) is 9.98. The van der Waals surface area contributed by atoms with Crippen molar-refractivity contribution < 1.29 is 22.8 Å². The van der Waals surface area contributed by atoms with Crippen LogP contribution in [-0.2, 0) is 4.79 Å². The van der Waals surface area contributed by atoms with E-state index in [2.05, 4.69) is 10.6 Å². The molecule has 0 unspecified atom stereocenters. The first-order chi connectivity index (χ1) is 14.7. The minimum atomic E-state index is -4.22. The van der Waals surface area contributed by atoms with E-state index in [0.29, 0.717) is 30.0 Å². The normalized spacial score (nSPS) is 15.5. The van der Waals surface area contributed by atoms with Gasteiger partial charge in [0.25, 0.3) is 5.91 Å². The van der Waals surface area contributed by atoms with Gasteiger partial charge in [-0.1, -0.05) is 24.3 Å². The van der Waals surface area contributed by atoms with Crippen molar-refractivity contribution in [3.05, 3.63) is 59.7 Å². The summed E-state index contributed by atoms with van der Waals surface area (Å²) in [7, 11) is 0. The predicted molar refractivity (Wildman–Crippen MR) is 113 cm³/mol. The van der Waals surface area contributed by atoms with Gasteiger partial charge in [0.1, 0.15) is 0 Å². The number of para-hydroxylation sites is 1. The van der Waals surface area contributed by atoms with Crippen molar-refractivity contribution in [3.8, 4) is 0 Å². The smallest absolute Gasteiger partial charge is 0.324 e. The topological polar surface area (TPSA) is 64.7 Å². The molecule has 31 heavy (non-hydrogen) atoms. The molecule has 0 saturated carbocycles. The van der Waals surface area contributed by atoms with E-state index < -0.39 is 12.7 Å². The summed E-state index contributed by atoms with van der Waals surface area (Å²) in [4.78, 5) is 28.3. The second-order valence-corrected chi connectivity index (χ2v) is 7.58. The third kappa shape index (κ3) is 7.08. The molecule has 1 fully saturated rings. The monoisotopic (exact) mass is 434 g/mol. The van der Waals surface area contributed by atoms with Crippen LogP contribution in [-0.4, -0.2) is 67.1 Å². The molecule has 0 atom stereocenters. The fourth-order valence-electron chi connectivity index (χ4n) is 3.46. The van der Waals surface area contributed by atoms with Gasteiger partial charge < -0.3 is 10.6 Å². The maximum atomic E-state index is 12.7. The zero-order valence-electron chi connectivity index (χ0n) is 17.2. The second-order valence-electron chi connectivity index (χ2n) is 7.58. The molecule has 9 heteroatoms. The summed E-state index contributed by atoms with van der Waals surface area (Å²) in [6, 6.07) is 14.1. The molecule has 6 nitrogen and oxygen atoms in total. The van der Waals surface area contributed by atoms with E-state index in [9.17, 15) is 22.8 Å². The first-order valence-electron chi connectivity index (χ1n) is 9.98. The molecule has 1 aliphatic rings. The Labute approximate surface area is 179 Å². The number of amides is 2. The number of rotatable bonds is 6. The number of hydrogen-bond acceptors (Lipinski definition) is 4. The van der Waals surface area contributed by atoms with Crippen LogP contribution in [0.2, 0.25) is 0 Å². The molecule has 1 saturated heterocycles. The predicted octanol–water partition coefficient (Wildman–Crippen LogP) is 3.37. The standard InChI is InChI=1S/C22H25F3N4O2/c1-16-5-4-6-17(13-16)26-21(31)18-7-2-3-8-19(18)27-20(30)14-28-9-11-29(12-10-28)15-22(23,24)25/h2-8,13H,9-12,14-15H2,1H3,(H,26,31)(H,27,30). The Bertz CT molecular complexity index is 925. The highest BCUT2D eigenvalue weighted by atomic mass is 19.4. The largest absolute Gasteiger partial charge is 0.401 e. The van der Waals surface area contributed by atoms with E-state index in [0.717, 1.165) is 5.56 Å². The molecular formula is C22H25F3N4O2. The van der Waals surface area contributed by atoms with Crippen LogP contribution in [0, 0.1) is 6.92 Å². The van der Waals surface area contributed by atoms with E-state index in [1.54, 1.807) is 35.2 Å². The Balaban J connectivity index is 1.56. The highest BCUT2D eigenvalue weighted by Gasteiger charge is 2.32. The molecule has 166 valence electrons. The molecule has 0 radical (unpaired) electrons. The van der Waals surface area contributed by atoms with Gasteiger partial charge in [0, 0.05) is 31.9 Å². The number of nitrogens with one attached hydrogen (secondary N) is 2. The van der Waals surface area contributed by atoms with Gasteiger partial charge in [-0.2, -0.15) is 13.2 Å².